The monoisotopic (exact) mass is 227 g/mol. The summed E-state index contributed by atoms with van der Waals surface area (Å²) in [4.78, 5) is 17.8. The highest BCUT2D eigenvalue weighted by Gasteiger charge is 2.07. The van der Waals surface area contributed by atoms with Crippen LogP contribution in [0.5, 0.6) is 0 Å². The molecule has 12 heavy (non-hydrogen) atoms. The number of halogens is 1. The molecule has 0 aromatic carbocycles. The predicted molar refractivity (Wildman–Crippen MR) is 49.0 cm³/mol. The van der Waals surface area contributed by atoms with Crippen LogP contribution in [0.1, 0.15) is 0 Å². The van der Waals surface area contributed by atoms with Gasteiger partial charge in [-0.3, -0.25) is 4.79 Å². The van der Waals surface area contributed by atoms with Crippen LogP contribution < -0.4 is 5.56 Å². The summed E-state index contributed by atoms with van der Waals surface area (Å²) in [7, 11) is 1.81. The number of aromatic amines is 1. The summed E-state index contributed by atoms with van der Waals surface area (Å²) < 4.78 is 2.58. The van der Waals surface area contributed by atoms with Gasteiger partial charge in [-0.15, -0.1) is 0 Å². The maximum Gasteiger partial charge on any atom is 0.275 e. The molecule has 0 aliphatic carbocycles. The van der Waals surface area contributed by atoms with E-state index in [1.165, 1.54) is 6.33 Å². The Morgan fingerprint density at radius 2 is 2.42 bits per heavy atom. The van der Waals surface area contributed by atoms with Gasteiger partial charge in [0.05, 0.1) is 10.8 Å². The third-order valence-electron chi connectivity index (χ3n) is 1.71. The Labute approximate surface area is 76.4 Å². The lowest BCUT2D eigenvalue weighted by atomic mass is 10.4. The zero-order valence-electron chi connectivity index (χ0n) is 6.34. The van der Waals surface area contributed by atoms with Gasteiger partial charge in [0.25, 0.3) is 5.56 Å². The molecule has 0 radical (unpaired) electrons. The standard InChI is InChI=1S/C7H6BrN3O/c1-11-2-4(8)5-6(11)7(12)10-3-9-5/h2-3H,1H3,(H,9,10,12). The van der Waals surface area contributed by atoms with Crippen molar-refractivity contribution in [3.63, 3.8) is 0 Å². The summed E-state index contributed by atoms with van der Waals surface area (Å²) in [6.45, 7) is 0. The highest BCUT2D eigenvalue weighted by atomic mass is 79.9. The second kappa shape index (κ2) is 2.45. The molecule has 2 aromatic rings. The van der Waals surface area contributed by atoms with E-state index in [1.807, 2.05) is 13.2 Å². The smallest absolute Gasteiger partial charge is 0.275 e. The fraction of sp³-hybridized carbons (Fsp3) is 0.143. The van der Waals surface area contributed by atoms with Crippen molar-refractivity contribution in [1.82, 2.24) is 14.5 Å². The van der Waals surface area contributed by atoms with E-state index >= 15 is 0 Å². The van der Waals surface area contributed by atoms with Gasteiger partial charge in [-0.1, -0.05) is 0 Å². The normalized spacial score (nSPS) is 10.8. The third-order valence-corrected chi connectivity index (χ3v) is 2.29. The van der Waals surface area contributed by atoms with E-state index in [2.05, 4.69) is 25.9 Å². The number of H-pyrrole nitrogens is 1. The predicted octanol–water partition coefficient (Wildman–Crippen LogP) is 1.02. The van der Waals surface area contributed by atoms with Gasteiger partial charge in [-0.05, 0) is 15.9 Å². The van der Waals surface area contributed by atoms with E-state index in [1.54, 1.807) is 4.57 Å². The van der Waals surface area contributed by atoms with Crippen LogP contribution in [0.4, 0.5) is 0 Å². The summed E-state index contributed by atoms with van der Waals surface area (Å²) in [5.41, 5.74) is 1.17. The topological polar surface area (TPSA) is 50.7 Å². The van der Waals surface area contributed by atoms with Crippen LogP contribution in [0.3, 0.4) is 0 Å². The van der Waals surface area contributed by atoms with Gasteiger partial charge < -0.3 is 9.55 Å². The average Bonchev–Trinajstić information content (AvgIpc) is 2.29. The molecule has 4 nitrogen and oxygen atoms in total. The molecule has 0 amide bonds. The van der Waals surface area contributed by atoms with Crippen LogP contribution in [-0.2, 0) is 7.05 Å². The van der Waals surface area contributed by atoms with Crippen molar-refractivity contribution < 1.29 is 0 Å². The Balaban J connectivity index is 3.09. The Morgan fingerprint density at radius 3 is 3.08 bits per heavy atom. The molecule has 0 fully saturated rings. The van der Waals surface area contributed by atoms with Crippen molar-refractivity contribution in [1.29, 1.82) is 0 Å². The van der Waals surface area contributed by atoms with Gasteiger partial charge in [0.1, 0.15) is 11.0 Å². The molecule has 0 aliphatic rings. The minimum absolute atomic E-state index is 0.117. The molecule has 0 bridgehead atoms. The molecule has 2 aromatic heterocycles. The molecule has 2 rings (SSSR count). The Hall–Kier alpha value is -1.10. The molecular formula is C7H6BrN3O. The Kier molecular flexibility index (Phi) is 1.54. The minimum Gasteiger partial charge on any atom is -0.344 e. The van der Waals surface area contributed by atoms with E-state index in [4.69, 9.17) is 0 Å². The van der Waals surface area contributed by atoms with Crippen molar-refractivity contribution in [2.45, 2.75) is 0 Å². The number of fused-ring (bicyclic) bond motifs is 1. The van der Waals surface area contributed by atoms with E-state index in [0.29, 0.717) is 11.0 Å². The van der Waals surface area contributed by atoms with Crippen molar-refractivity contribution in [3.8, 4) is 0 Å². The molecule has 1 N–H and O–H groups in total. The highest BCUT2D eigenvalue weighted by Crippen LogP contribution is 2.19. The second-order valence-corrected chi connectivity index (χ2v) is 3.37. The summed E-state index contributed by atoms with van der Waals surface area (Å²) >= 11 is 3.32. The van der Waals surface area contributed by atoms with Crippen molar-refractivity contribution in [2.75, 3.05) is 0 Å². The largest absolute Gasteiger partial charge is 0.344 e. The lowest BCUT2D eigenvalue weighted by Crippen LogP contribution is -2.08. The fourth-order valence-electron chi connectivity index (χ4n) is 1.19. The lowest BCUT2D eigenvalue weighted by Gasteiger charge is -1.91. The molecule has 2 heterocycles. The summed E-state index contributed by atoms with van der Waals surface area (Å²) in [5.74, 6) is 0. The number of aryl methyl sites for hydroxylation is 1. The van der Waals surface area contributed by atoms with Crippen LogP contribution in [0, 0.1) is 0 Å². The molecule has 0 spiro atoms. The van der Waals surface area contributed by atoms with E-state index < -0.39 is 0 Å². The van der Waals surface area contributed by atoms with Gasteiger partial charge in [-0.2, -0.15) is 0 Å². The van der Waals surface area contributed by atoms with Crippen LogP contribution in [0.2, 0.25) is 0 Å². The van der Waals surface area contributed by atoms with Gasteiger partial charge in [0, 0.05) is 13.2 Å². The maximum absolute atomic E-state index is 11.3. The van der Waals surface area contributed by atoms with Gasteiger partial charge >= 0.3 is 0 Å². The molecule has 0 atom stereocenters. The van der Waals surface area contributed by atoms with Crippen LogP contribution in [-0.4, -0.2) is 14.5 Å². The van der Waals surface area contributed by atoms with Crippen molar-refractivity contribution in [3.05, 3.63) is 27.4 Å². The van der Waals surface area contributed by atoms with Gasteiger partial charge in [-0.25, -0.2) is 4.98 Å². The van der Waals surface area contributed by atoms with Crippen LogP contribution in [0.15, 0.2) is 21.8 Å². The molecule has 0 saturated carbocycles. The summed E-state index contributed by atoms with van der Waals surface area (Å²) in [6.07, 6.45) is 3.21. The zero-order chi connectivity index (χ0) is 8.72. The summed E-state index contributed by atoms with van der Waals surface area (Å²) in [5, 5.41) is 0. The number of nitrogens with zero attached hydrogens (tertiary/aromatic N) is 2. The first kappa shape index (κ1) is 7.54. The summed E-state index contributed by atoms with van der Waals surface area (Å²) in [6, 6.07) is 0. The van der Waals surface area contributed by atoms with Gasteiger partial charge in [0.15, 0.2) is 0 Å². The Morgan fingerprint density at radius 1 is 1.67 bits per heavy atom. The molecule has 62 valence electrons. The first-order valence-corrected chi connectivity index (χ1v) is 4.17. The fourth-order valence-corrected chi connectivity index (χ4v) is 1.79. The zero-order valence-corrected chi connectivity index (χ0v) is 7.92. The number of hydrogen-bond donors (Lipinski definition) is 1. The molecule has 0 saturated heterocycles. The minimum atomic E-state index is -0.117. The van der Waals surface area contributed by atoms with Crippen molar-refractivity contribution >= 4 is 27.0 Å². The lowest BCUT2D eigenvalue weighted by molar-refractivity contribution is 0.952. The first-order valence-electron chi connectivity index (χ1n) is 3.38. The molecular weight excluding hydrogens is 222 g/mol. The van der Waals surface area contributed by atoms with Crippen molar-refractivity contribution in [2.24, 2.45) is 7.05 Å². The van der Waals surface area contributed by atoms with E-state index in [9.17, 15) is 4.79 Å². The molecule has 5 heteroatoms. The quantitative estimate of drug-likeness (QED) is 0.731. The molecule has 0 unspecified atom stereocenters. The average molecular weight is 228 g/mol. The number of hydrogen-bond acceptors (Lipinski definition) is 2. The van der Waals surface area contributed by atoms with E-state index in [0.717, 1.165) is 4.47 Å². The third kappa shape index (κ3) is 0.896. The Bertz CT molecular complexity index is 485. The second-order valence-electron chi connectivity index (χ2n) is 2.52. The molecule has 0 aliphatic heterocycles. The number of nitrogens with one attached hydrogen (secondary N) is 1. The number of aromatic nitrogens is 3. The van der Waals surface area contributed by atoms with Gasteiger partial charge in [0.2, 0.25) is 0 Å². The van der Waals surface area contributed by atoms with Crippen LogP contribution in [0.25, 0.3) is 11.0 Å². The van der Waals surface area contributed by atoms with E-state index in [-0.39, 0.29) is 5.56 Å². The SMILES string of the molecule is Cn1cc(Br)c2nc[nH]c(=O)c21. The first-order chi connectivity index (χ1) is 5.70. The van der Waals surface area contributed by atoms with Crippen LogP contribution >= 0.6 is 15.9 Å². The highest BCUT2D eigenvalue weighted by molar-refractivity contribution is 9.10. The number of rotatable bonds is 0. The maximum atomic E-state index is 11.3.